The fourth-order valence-electron chi connectivity index (χ4n) is 3.21. The Hall–Kier alpha value is -0.450. The highest BCUT2D eigenvalue weighted by molar-refractivity contribution is 7.11. The molecule has 1 saturated carbocycles. The third-order valence-electron chi connectivity index (χ3n) is 4.38. The average Bonchev–Trinajstić information content (AvgIpc) is 2.75. The molecular formula is C16H28N2OS. The zero-order chi connectivity index (χ0) is 14.5. The molecule has 1 aliphatic rings. The van der Waals surface area contributed by atoms with Gasteiger partial charge in [0.15, 0.2) is 0 Å². The summed E-state index contributed by atoms with van der Waals surface area (Å²) in [5, 5.41) is 1.16. The maximum Gasteiger partial charge on any atom is 0.0947 e. The van der Waals surface area contributed by atoms with Gasteiger partial charge < -0.3 is 10.5 Å². The van der Waals surface area contributed by atoms with Gasteiger partial charge >= 0.3 is 0 Å². The molecule has 2 unspecified atom stereocenters. The first-order chi connectivity index (χ1) is 9.61. The van der Waals surface area contributed by atoms with Gasteiger partial charge in [-0.3, -0.25) is 0 Å². The van der Waals surface area contributed by atoms with Crippen LogP contribution in [-0.2, 0) is 11.2 Å². The van der Waals surface area contributed by atoms with Gasteiger partial charge in [-0.2, -0.15) is 0 Å². The van der Waals surface area contributed by atoms with Crippen molar-refractivity contribution in [1.29, 1.82) is 0 Å². The minimum Gasteiger partial charge on any atom is -0.377 e. The van der Waals surface area contributed by atoms with E-state index in [9.17, 15) is 0 Å². The summed E-state index contributed by atoms with van der Waals surface area (Å²) in [6.07, 6.45) is 7.62. The maximum absolute atomic E-state index is 6.47. The molecular weight excluding hydrogens is 268 g/mol. The zero-order valence-corrected chi connectivity index (χ0v) is 13.8. The normalized spacial score (nSPS) is 20.0. The molecule has 0 bridgehead atoms. The van der Waals surface area contributed by atoms with Crippen molar-refractivity contribution in [3.63, 3.8) is 0 Å². The predicted molar refractivity (Wildman–Crippen MR) is 85.3 cm³/mol. The first-order valence-corrected chi connectivity index (χ1v) is 8.73. The molecule has 114 valence electrons. The third kappa shape index (κ3) is 4.03. The number of rotatable bonds is 6. The van der Waals surface area contributed by atoms with Gasteiger partial charge in [-0.1, -0.05) is 19.3 Å². The van der Waals surface area contributed by atoms with E-state index in [0.717, 1.165) is 23.7 Å². The molecule has 1 heterocycles. The van der Waals surface area contributed by atoms with Crippen LogP contribution in [0.1, 0.15) is 54.6 Å². The molecule has 0 amide bonds. The number of hydrogen-bond acceptors (Lipinski definition) is 4. The van der Waals surface area contributed by atoms with Crippen LogP contribution in [0.15, 0.2) is 0 Å². The first-order valence-electron chi connectivity index (χ1n) is 7.92. The molecule has 20 heavy (non-hydrogen) atoms. The Morgan fingerprint density at radius 1 is 1.30 bits per heavy atom. The fourth-order valence-corrected chi connectivity index (χ4v) is 4.21. The predicted octanol–water partition coefficient (Wildman–Crippen LogP) is 3.62. The largest absolute Gasteiger partial charge is 0.377 e. The molecule has 1 aromatic heterocycles. The lowest BCUT2D eigenvalue weighted by molar-refractivity contribution is -0.00913. The molecule has 2 atom stereocenters. The van der Waals surface area contributed by atoms with E-state index in [1.165, 1.54) is 37.0 Å². The van der Waals surface area contributed by atoms with Crippen molar-refractivity contribution in [1.82, 2.24) is 4.98 Å². The maximum atomic E-state index is 6.47. The van der Waals surface area contributed by atoms with Crippen LogP contribution < -0.4 is 5.73 Å². The van der Waals surface area contributed by atoms with Crippen LogP contribution in [0.4, 0.5) is 0 Å². The Balaban J connectivity index is 2.00. The highest BCUT2D eigenvalue weighted by Crippen LogP contribution is 2.30. The smallest absolute Gasteiger partial charge is 0.0947 e. The number of ether oxygens (including phenoxy) is 1. The van der Waals surface area contributed by atoms with Gasteiger partial charge in [0, 0.05) is 23.9 Å². The molecule has 0 spiro atoms. The van der Waals surface area contributed by atoms with Gasteiger partial charge in [-0.05, 0) is 39.5 Å². The summed E-state index contributed by atoms with van der Waals surface area (Å²) in [6, 6.07) is 0.0722. The molecule has 1 aliphatic carbocycles. The van der Waals surface area contributed by atoms with E-state index in [4.69, 9.17) is 10.5 Å². The highest BCUT2D eigenvalue weighted by Gasteiger charge is 2.29. The van der Waals surface area contributed by atoms with E-state index in [0.29, 0.717) is 5.92 Å². The lowest BCUT2D eigenvalue weighted by atomic mass is 9.82. The molecule has 0 radical (unpaired) electrons. The minimum atomic E-state index is 0.0722. The van der Waals surface area contributed by atoms with Crippen LogP contribution in [-0.4, -0.2) is 23.7 Å². The first kappa shape index (κ1) is 15.9. The number of aryl methyl sites for hydroxylation is 2. The monoisotopic (exact) mass is 296 g/mol. The Kier molecular flexibility index (Phi) is 6.00. The highest BCUT2D eigenvalue weighted by atomic mass is 32.1. The summed E-state index contributed by atoms with van der Waals surface area (Å²) in [5.41, 5.74) is 7.61. The zero-order valence-electron chi connectivity index (χ0n) is 13.0. The van der Waals surface area contributed by atoms with Crippen LogP contribution >= 0.6 is 11.3 Å². The molecule has 0 aromatic carbocycles. The number of hydrogen-bond donors (Lipinski definition) is 1. The molecule has 2 rings (SSSR count). The van der Waals surface area contributed by atoms with E-state index < -0.39 is 0 Å². The average molecular weight is 296 g/mol. The second-order valence-electron chi connectivity index (χ2n) is 5.94. The van der Waals surface area contributed by atoms with Gasteiger partial charge in [0.1, 0.15) is 0 Å². The van der Waals surface area contributed by atoms with E-state index in [1.807, 2.05) is 0 Å². The Morgan fingerprint density at radius 2 is 2.00 bits per heavy atom. The second kappa shape index (κ2) is 7.53. The van der Waals surface area contributed by atoms with E-state index in [2.05, 4.69) is 25.8 Å². The molecule has 3 nitrogen and oxygen atoms in total. The summed E-state index contributed by atoms with van der Waals surface area (Å²) < 4.78 is 6.00. The van der Waals surface area contributed by atoms with Gasteiger partial charge in [0.05, 0.1) is 16.8 Å². The molecule has 0 saturated heterocycles. The van der Waals surface area contributed by atoms with Crippen molar-refractivity contribution in [2.45, 2.75) is 71.4 Å². The van der Waals surface area contributed by atoms with Crippen molar-refractivity contribution in [3.05, 3.63) is 15.6 Å². The van der Waals surface area contributed by atoms with Gasteiger partial charge in [0.2, 0.25) is 0 Å². The molecule has 0 aliphatic heterocycles. The lowest BCUT2D eigenvalue weighted by Crippen LogP contribution is -2.44. The fraction of sp³-hybridized carbons (Fsp3) is 0.812. The van der Waals surface area contributed by atoms with Gasteiger partial charge in [-0.15, -0.1) is 11.3 Å². The van der Waals surface area contributed by atoms with E-state index in [-0.39, 0.29) is 12.1 Å². The van der Waals surface area contributed by atoms with Gasteiger partial charge in [0.25, 0.3) is 0 Å². The molecule has 1 fully saturated rings. The molecule has 1 aromatic rings. The van der Waals surface area contributed by atoms with E-state index in [1.54, 1.807) is 11.3 Å². The van der Waals surface area contributed by atoms with Crippen molar-refractivity contribution >= 4 is 11.3 Å². The Morgan fingerprint density at radius 3 is 2.55 bits per heavy atom. The number of nitrogens with two attached hydrogens (primary N) is 1. The van der Waals surface area contributed by atoms with Gasteiger partial charge in [-0.25, -0.2) is 4.98 Å². The van der Waals surface area contributed by atoms with Crippen LogP contribution in [0.3, 0.4) is 0 Å². The second-order valence-corrected chi connectivity index (χ2v) is 7.22. The van der Waals surface area contributed by atoms with Crippen LogP contribution in [0.2, 0.25) is 0 Å². The van der Waals surface area contributed by atoms with Crippen LogP contribution in [0.5, 0.6) is 0 Å². The standard InChI is InChI=1S/C16H28N2OS/c1-4-19-16(13-8-6-5-7-9-13)14(17)10-15-18-11(2)12(3)20-15/h13-14,16H,4-10,17H2,1-3H3. The molecule has 2 N–H and O–H groups in total. The summed E-state index contributed by atoms with van der Waals surface area (Å²) in [4.78, 5) is 5.92. The topological polar surface area (TPSA) is 48.1 Å². The van der Waals surface area contributed by atoms with Crippen molar-refractivity contribution in [2.75, 3.05) is 6.61 Å². The van der Waals surface area contributed by atoms with Crippen molar-refractivity contribution in [2.24, 2.45) is 11.7 Å². The van der Waals surface area contributed by atoms with Crippen LogP contribution in [0.25, 0.3) is 0 Å². The Labute approximate surface area is 126 Å². The molecule has 4 heteroatoms. The SMILES string of the molecule is CCOC(C(N)Cc1nc(C)c(C)s1)C1CCCCC1. The third-order valence-corrected chi connectivity index (χ3v) is 5.47. The number of nitrogens with zero attached hydrogens (tertiary/aromatic N) is 1. The van der Waals surface area contributed by atoms with Crippen molar-refractivity contribution in [3.8, 4) is 0 Å². The van der Waals surface area contributed by atoms with Crippen molar-refractivity contribution < 1.29 is 4.74 Å². The summed E-state index contributed by atoms with van der Waals surface area (Å²) in [7, 11) is 0. The summed E-state index contributed by atoms with van der Waals surface area (Å²) in [6.45, 7) is 7.02. The number of aromatic nitrogens is 1. The summed E-state index contributed by atoms with van der Waals surface area (Å²) in [5.74, 6) is 0.640. The lowest BCUT2D eigenvalue weighted by Gasteiger charge is -2.33. The van der Waals surface area contributed by atoms with Crippen LogP contribution in [0, 0.1) is 19.8 Å². The summed E-state index contributed by atoms with van der Waals surface area (Å²) >= 11 is 1.78. The quantitative estimate of drug-likeness (QED) is 0.872. The van der Waals surface area contributed by atoms with E-state index >= 15 is 0 Å². The minimum absolute atomic E-state index is 0.0722. The Bertz CT molecular complexity index is 393. The number of thiazole rings is 1.